The Kier molecular flexibility index (Phi) is 4.90. The molecule has 4 rings (SSSR count). The maximum Gasteiger partial charge on any atom is 0.338 e. The van der Waals surface area contributed by atoms with Crippen molar-refractivity contribution in [1.29, 1.82) is 0 Å². The Hall–Kier alpha value is -3.81. The van der Waals surface area contributed by atoms with E-state index in [0.717, 1.165) is 11.0 Å². The molecule has 1 aliphatic rings. The molecule has 2 amide bonds. The highest BCUT2D eigenvalue weighted by Crippen LogP contribution is 2.30. The van der Waals surface area contributed by atoms with E-state index in [9.17, 15) is 9.59 Å². The number of carbonyl (C=O) groups is 2. The molecular formula is C21H20N4O4. The summed E-state index contributed by atoms with van der Waals surface area (Å²) < 4.78 is 12.2. The summed E-state index contributed by atoms with van der Waals surface area (Å²) in [6, 6.07) is 13.8. The van der Waals surface area contributed by atoms with Gasteiger partial charge in [0.25, 0.3) is 0 Å². The zero-order chi connectivity index (χ0) is 20.4. The number of para-hydroxylation sites is 2. The lowest BCUT2D eigenvalue weighted by molar-refractivity contribution is -0.136. The van der Waals surface area contributed by atoms with Crippen molar-refractivity contribution in [2.75, 3.05) is 14.2 Å². The molecule has 0 radical (unpaired) electrons. The van der Waals surface area contributed by atoms with Gasteiger partial charge in [0.05, 0.1) is 55.4 Å². The number of aromatic nitrogens is 2. The summed E-state index contributed by atoms with van der Waals surface area (Å²) >= 11 is 0. The molecule has 0 saturated carbocycles. The highest BCUT2D eigenvalue weighted by Gasteiger charge is 2.33. The Balaban J connectivity index is 1.81. The number of imidazole rings is 1. The second kappa shape index (κ2) is 7.67. The van der Waals surface area contributed by atoms with E-state index in [-0.39, 0.29) is 6.54 Å². The summed E-state index contributed by atoms with van der Waals surface area (Å²) in [4.78, 5) is 29.5. The summed E-state index contributed by atoms with van der Waals surface area (Å²) in [5, 5.41) is 5.57. The summed E-state index contributed by atoms with van der Waals surface area (Å²) in [7, 11) is 2.88. The van der Waals surface area contributed by atoms with Gasteiger partial charge in [0, 0.05) is 0 Å². The van der Waals surface area contributed by atoms with Crippen LogP contribution in [0.15, 0.2) is 66.1 Å². The number of allylic oxidation sites excluding steroid dienone is 1. The molecule has 0 saturated heterocycles. The summed E-state index contributed by atoms with van der Waals surface area (Å²) in [6.45, 7) is 0.263. The first kappa shape index (κ1) is 18.5. The molecule has 2 N–H and O–H groups in total. The Morgan fingerprint density at radius 3 is 2.79 bits per heavy atom. The minimum absolute atomic E-state index is 0.263. The van der Waals surface area contributed by atoms with Gasteiger partial charge in [-0.2, -0.15) is 0 Å². The van der Waals surface area contributed by atoms with Crippen molar-refractivity contribution in [1.82, 2.24) is 20.2 Å². The van der Waals surface area contributed by atoms with Gasteiger partial charge in [-0.3, -0.25) is 0 Å². The third-order valence-electron chi connectivity index (χ3n) is 4.84. The molecule has 1 aromatic heterocycles. The third kappa shape index (κ3) is 3.52. The molecule has 2 heterocycles. The lowest BCUT2D eigenvalue weighted by atomic mass is 9.95. The Morgan fingerprint density at radius 2 is 2.00 bits per heavy atom. The number of hydrogen-bond donors (Lipinski definition) is 2. The highest BCUT2D eigenvalue weighted by atomic mass is 16.5. The van der Waals surface area contributed by atoms with Crippen LogP contribution in [-0.2, 0) is 16.1 Å². The van der Waals surface area contributed by atoms with Crippen molar-refractivity contribution in [2.45, 2.75) is 12.6 Å². The van der Waals surface area contributed by atoms with E-state index in [1.165, 1.54) is 7.11 Å². The molecule has 1 aliphatic heterocycles. The van der Waals surface area contributed by atoms with Gasteiger partial charge in [-0.15, -0.1) is 0 Å². The number of urea groups is 1. The van der Waals surface area contributed by atoms with Crippen LogP contribution in [0.3, 0.4) is 0 Å². The number of carbonyl (C=O) groups excluding carboxylic acids is 2. The number of esters is 1. The first-order valence-electron chi connectivity index (χ1n) is 9.03. The predicted molar refractivity (Wildman–Crippen MR) is 106 cm³/mol. The van der Waals surface area contributed by atoms with Crippen LogP contribution in [0.5, 0.6) is 5.75 Å². The van der Waals surface area contributed by atoms with Crippen LogP contribution < -0.4 is 15.4 Å². The van der Waals surface area contributed by atoms with Crippen LogP contribution in [0.25, 0.3) is 11.0 Å². The van der Waals surface area contributed by atoms with Gasteiger partial charge in [-0.1, -0.05) is 24.3 Å². The zero-order valence-electron chi connectivity index (χ0n) is 16.0. The number of nitrogens with one attached hydrogen (secondary N) is 2. The Morgan fingerprint density at radius 1 is 1.17 bits per heavy atom. The number of rotatable bonds is 5. The number of fused-ring (bicyclic) bond motifs is 1. The van der Waals surface area contributed by atoms with Crippen molar-refractivity contribution in [3.63, 3.8) is 0 Å². The molecule has 1 atom stereocenters. The molecular weight excluding hydrogens is 372 g/mol. The maximum atomic E-state index is 12.7. The second-order valence-electron chi connectivity index (χ2n) is 6.55. The SMILES string of the molecule is COC(=O)C1=C(Cn2cnc3ccccc32)NC(=O)N[C@@H]1c1cccc(OC)c1. The average Bonchev–Trinajstić information content (AvgIpc) is 3.16. The number of nitrogens with zero attached hydrogens (tertiary/aromatic N) is 2. The lowest BCUT2D eigenvalue weighted by Crippen LogP contribution is -2.46. The van der Waals surface area contributed by atoms with E-state index in [2.05, 4.69) is 15.6 Å². The first-order valence-corrected chi connectivity index (χ1v) is 9.03. The maximum absolute atomic E-state index is 12.7. The van der Waals surface area contributed by atoms with Crippen LogP contribution in [-0.4, -0.2) is 35.8 Å². The standard InChI is InChI=1S/C21H20N4O4/c1-28-14-7-5-6-13(10-14)19-18(20(26)29-2)16(23-21(27)24-19)11-25-12-22-15-8-3-4-9-17(15)25/h3-10,12,19H,11H2,1-2H3,(H2,23,24,27)/t19-/m1/s1. The number of amides is 2. The van der Waals surface area contributed by atoms with Gasteiger partial charge in [0.2, 0.25) is 0 Å². The van der Waals surface area contributed by atoms with E-state index in [4.69, 9.17) is 9.47 Å². The van der Waals surface area contributed by atoms with Gasteiger partial charge < -0.3 is 24.7 Å². The van der Waals surface area contributed by atoms with E-state index in [0.29, 0.717) is 22.6 Å². The smallest absolute Gasteiger partial charge is 0.338 e. The number of ether oxygens (including phenoxy) is 2. The number of benzene rings is 2. The third-order valence-corrected chi connectivity index (χ3v) is 4.84. The minimum Gasteiger partial charge on any atom is -0.497 e. The fourth-order valence-corrected chi connectivity index (χ4v) is 3.47. The molecule has 0 aliphatic carbocycles. The zero-order valence-corrected chi connectivity index (χ0v) is 16.0. The molecule has 3 aromatic rings. The minimum atomic E-state index is -0.670. The molecule has 8 heteroatoms. The normalized spacial score (nSPS) is 16.3. The van der Waals surface area contributed by atoms with E-state index in [1.54, 1.807) is 31.6 Å². The van der Waals surface area contributed by atoms with Gasteiger partial charge >= 0.3 is 12.0 Å². The molecule has 8 nitrogen and oxygen atoms in total. The van der Waals surface area contributed by atoms with Crippen molar-refractivity contribution >= 4 is 23.0 Å². The fourth-order valence-electron chi connectivity index (χ4n) is 3.47. The van der Waals surface area contributed by atoms with Crippen molar-refractivity contribution in [3.8, 4) is 5.75 Å². The summed E-state index contributed by atoms with van der Waals surface area (Å²) in [6.07, 6.45) is 1.68. The predicted octanol–water partition coefficient (Wildman–Crippen LogP) is 2.53. The molecule has 2 aromatic carbocycles. The number of methoxy groups -OCH3 is 2. The molecule has 0 bridgehead atoms. The number of hydrogen-bond acceptors (Lipinski definition) is 5. The van der Waals surface area contributed by atoms with Gasteiger partial charge in [0.1, 0.15) is 5.75 Å². The van der Waals surface area contributed by atoms with Gasteiger partial charge in [0.15, 0.2) is 0 Å². The van der Waals surface area contributed by atoms with Crippen LogP contribution in [0.2, 0.25) is 0 Å². The van der Waals surface area contributed by atoms with Crippen molar-refractivity contribution in [3.05, 3.63) is 71.7 Å². The monoisotopic (exact) mass is 392 g/mol. The molecule has 0 unspecified atom stereocenters. The largest absolute Gasteiger partial charge is 0.497 e. The van der Waals surface area contributed by atoms with Gasteiger partial charge in [-0.05, 0) is 29.8 Å². The Bertz CT molecular complexity index is 1120. The van der Waals surface area contributed by atoms with Crippen LogP contribution in [0.4, 0.5) is 4.79 Å². The molecule has 0 fully saturated rings. The van der Waals surface area contributed by atoms with E-state index < -0.39 is 18.0 Å². The average molecular weight is 392 g/mol. The van der Waals surface area contributed by atoms with E-state index >= 15 is 0 Å². The van der Waals surface area contributed by atoms with Crippen molar-refractivity contribution < 1.29 is 19.1 Å². The molecule has 29 heavy (non-hydrogen) atoms. The lowest BCUT2D eigenvalue weighted by Gasteiger charge is -2.29. The quantitative estimate of drug-likeness (QED) is 0.651. The van der Waals surface area contributed by atoms with Crippen LogP contribution in [0, 0.1) is 0 Å². The van der Waals surface area contributed by atoms with E-state index in [1.807, 2.05) is 34.9 Å². The van der Waals surface area contributed by atoms with Crippen molar-refractivity contribution in [2.24, 2.45) is 0 Å². The van der Waals surface area contributed by atoms with Gasteiger partial charge in [-0.25, -0.2) is 14.6 Å². The summed E-state index contributed by atoms with van der Waals surface area (Å²) in [5.74, 6) is 0.103. The molecule has 0 spiro atoms. The highest BCUT2D eigenvalue weighted by molar-refractivity contribution is 5.95. The van der Waals surface area contributed by atoms with Crippen LogP contribution >= 0.6 is 0 Å². The molecule has 148 valence electrons. The second-order valence-corrected chi connectivity index (χ2v) is 6.55. The fraction of sp³-hybridized carbons (Fsp3) is 0.190. The first-order chi connectivity index (χ1) is 14.1. The van der Waals surface area contributed by atoms with Crippen LogP contribution in [0.1, 0.15) is 11.6 Å². The Labute approximate surface area is 167 Å². The summed E-state index contributed by atoms with van der Waals surface area (Å²) in [5.41, 5.74) is 3.23. The topological polar surface area (TPSA) is 94.5 Å².